The van der Waals surface area contributed by atoms with Gasteiger partial charge >= 0.3 is 5.97 Å². The van der Waals surface area contributed by atoms with Crippen LogP contribution in [0.15, 0.2) is 0 Å². The zero-order chi connectivity index (χ0) is 12.4. The monoisotopic (exact) mass is 237 g/mol. The minimum absolute atomic E-state index is 0.144. The molecule has 0 aliphatic heterocycles. The van der Waals surface area contributed by atoms with E-state index >= 15 is 0 Å². The summed E-state index contributed by atoms with van der Waals surface area (Å²) in [5.74, 6) is -0.648. The van der Waals surface area contributed by atoms with Gasteiger partial charge in [-0.2, -0.15) is 0 Å². The van der Waals surface area contributed by atoms with Gasteiger partial charge in [0.05, 0.1) is 5.69 Å². The molecule has 0 radical (unpaired) electrons. The van der Waals surface area contributed by atoms with E-state index in [1.165, 1.54) is 19.3 Å². The van der Waals surface area contributed by atoms with Gasteiger partial charge in [-0.05, 0) is 26.7 Å². The van der Waals surface area contributed by atoms with E-state index in [1.54, 1.807) is 4.68 Å². The van der Waals surface area contributed by atoms with Crippen molar-refractivity contribution >= 4 is 5.97 Å². The molecule has 1 aliphatic carbocycles. The van der Waals surface area contributed by atoms with Gasteiger partial charge in [0.1, 0.15) is 0 Å². The lowest BCUT2D eigenvalue weighted by Gasteiger charge is -2.23. The van der Waals surface area contributed by atoms with Gasteiger partial charge < -0.3 is 5.11 Å². The summed E-state index contributed by atoms with van der Waals surface area (Å²) in [6, 6.07) is 0.160. The van der Waals surface area contributed by atoms with E-state index in [2.05, 4.69) is 10.3 Å². The molecule has 94 valence electrons. The van der Waals surface area contributed by atoms with Crippen molar-refractivity contribution in [2.75, 3.05) is 0 Å². The van der Waals surface area contributed by atoms with Crippen LogP contribution in [0.5, 0.6) is 0 Å². The van der Waals surface area contributed by atoms with Gasteiger partial charge in [-0.1, -0.05) is 24.5 Å². The van der Waals surface area contributed by atoms with Gasteiger partial charge in [-0.25, -0.2) is 9.48 Å². The zero-order valence-corrected chi connectivity index (χ0v) is 10.4. The molecular formula is C12H19N3O2. The number of aromatic nitrogens is 3. The number of aromatic carboxylic acids is 1. The molecular weight excluding hydrogens is 218 g/mol. The highest BCUT2D eigenvalue weighted by atomic mass is 16.4. The summed E-state index contributed by atoms with van der Waals surface area (Å²) in [5, 5.41) is 17.0. The molecule has 17 heavy (non-hydrogen) atoms. The number of carbonyl (C=O) groups is 1. The molecule has 0 saturated heterocycles. The summed E-state index contributed by atoms with van der Waals surface area (Å²) in [7, 11) is 0. The molecule has 0 atom stereocenters. The summed E-state index contributed by atoms with van der Waals surface area (Å²) in [5.41, 5.74) is 0.970. The molecule has 5 heteroatoms. The van der Waals surface area contributed by atoms with Crippen LogP contribution in [0, 0.1) is 0 Å². The second-order valence-corrected chi connectivity index (χ2v) is 5.00. The van der Waals surface area contributed by atoms with Crippen LogP contribution in [0.1, 0.15) is 74.1 Å². The van der Waals surface area contributed by atoms with E-state index in [-0.39, 0.29) is 11.7 Å². The fraction of sp³-hybridized carbons (Fsp3) is 0.750. The third kappa shape index (κ3) is 2.33. The third-order valence-electron chi connectivity index (χ3n) is 3.41. The van der Waals surface area contributed by atoms with Crippen LogP contribution in [0.2, 0.25) is 0 Å². The first-order valence-electron chi connectivity index (χ1n) is 6.29. The summed E-state index contributed by atoms with van der Waals surface area (Å²) in [6.45, 7) is 4.01. The number of nitrogens with zero attached hydrogens (tertiary/aromatic N) is 3. The fourth-order valence-corrected chi connectivity index (χ4v) is 2.59. The fourth-order valence-electron chi connectivity index (χ4n) is 2.59. The quantitative estimate of drug-likeness (QED) is 0.877. The van der Waals surface area contributed by atoms with Gasteiger partial charge in [0.2, 0.25) is 0 Å². The molecule has 1 fully saturated rings. The maximum absolute atomic E-state index is 11.2. The number of carboxylic acids is 1. The molecule has 0 aromatic carbocycles. The van der Waals surface area contributed by atoms with Crippen molar-refractivity contribution in [3.05, 3.63) is 11.4 Å². The lowest BCUT2D eigenvalue weighted by molar-refractivity contribution is 0.0688. The first kappa shape index (κ1) is 12.1. The molecule has 2 rings (SSSR count). The van der Waals surface area contributed by atoms with Crippen LogP contribution in [-0.2, 0) is 0 Å². The molecule has 1 aliphatic rings. The maximum atomic E-state index is 11.2. The first-order chi connectivity index (χ1) is 8.11. The highest BCUT2D eigenvalue weighted by Crippen LogP contribution is 2.34. The lowest BCUT2D eigenvalue weighted by Crippen LogP contribution is -2.16. The highest BCUT2D eigenvalue weighted by Gasteiger charge is 2.28. The largest absolute Gasteiger partial charge is 0.476 e. The van der Waals surface area contributed by atoms with E-state index in [0.717, 1.165) is 18.5 Å². The number of hydrogen-bond donors (Lipinski definition) is 1. The minimum Gasteiger partial charge on any atom is -0.476 e. The van der Waals surface area contributed by atoms with E-state index in [1.807, 2.05) is 13.8 Å². The Morgan fingerprint density at radius 1 is 1.35 bits per heavy atom. The molecule has 0 unspecified atom stereocenters. The van der Waals surface area contributed by atoms with Crippen molar-refractivity contribution in [1.82, 2.24) is 15.0 Å². The van der Waals surface area contributed by atoms with E-state index in [9.17, 15) is 9.90 Å². The van der Waals surface area contributed by atoms with Gasteiger partial charge in [0.15, 0.2) is 5.69 Å². The van der Waals surface area contributed by atoms with E-state index < -0.39 is 5.97 Å². The normalized spacial score (nSPS) is 17.6. The predicted molar refractivity (Wildman–Crippen MR) is 63.2 cm³/mol. The summed E-state index contributed by atoms with van der Waals surface area (Å²) in [6.07, 6.45) is 5.71. The van der Waals surface area contributed by atoms with Gasteiger partial charge in [0, 0.05) is 12.0 Å². The second-order valence-electron chi connectivity index (χ2n) is 5.00. The SMILES string of the molecule is CC(C)n1nnc(C(=O)O)c1C1CCCCC1. The molecule has 1 aromatic heterocycles. The average Bonchev–Trinajstić information content (AvgIpc) is 2.74. The average molecular weight is 237 g/mol. The van der Waals surface area contributed by atoms with Gasteiger partial charge in [-0.15, -0.1) is 5.10 Å². The van der Waals surface area contributed by atoms with Crippen molar-refractivity contribution < 1.29 is 9.90 Å². The van der Waals surface area contributed by atoms with Crippen LogP contribution in [0.25, 0.3) is 0 Å². The molecule has 1 heterocycles. The van der Waals surface area contributed by atoms with Crippen molar-refractivity contribution in [3.8, 4) is 0 Å². The van der Waals surface area contributed by atoms with Crippen LogP contribution >= 0.6 is 0 Å². The first-order valence-corrected chi connectivity index (χ1v) is 6.29. The number of carboxylic acid groups (broad SMARTS) is 1. The van der Waals surface area contributed by atoms with E-state index in [0.29, 0.717) is 5.92 Å². The molecule has 0 amide bonds. The maximum Gasteiger partial charge on any atom is 0.358 e. The van der Waals surface area contributed by atoms with Crippen molar-refractivity contribution in [1.29, 1.82) is 0 Å². The third-order valence-corrected chi connectivity index (χ3v) is 3.41. The molecule has 1 saturated carbocycles. The number of hydrogen-bond acceptors (Lipinski definition) is 3. The van der Waals surface area contributed by atoms with Gasteiger partial charge in [0.25, 0.3) is 0 Å². The van der Waals surface area contributed by atoms with Gasteiger partial charge in [-0.3, -0.25) is 0 Å². The lowest BCUT2D eigenvalue weighted by atomic mass is 9.86. The zero-order valence-electron chi connectivity index (χ0n) is 10.4. The molecule has 0 spiro atoms. The Balaban J connectivity index is 2.39. The topological polar surface area (TPSA) is 68.0 Å². The Labute approximate surface area is 101 Å². The summed E-state index contributed by atoms with van der Waals surface area (Å²) in [4.78, 5) is 11.2. The molecule has 5 nitrogen and oxygen atoms in total. The van der Waals surface area contributed by atoms with Crippen LogP contribution < -0.4 is 0 Å². The highest BCUT2D eigenvalue weighted by molar-refractivity contribution is 5.86. The van der Waals surface area contributed by atoms with E-state index in [4.69, 9.17) is 0 Å². The Kier molecular flexibility index (Phi) is 3.45. The van der Waals surface area contributed by atoms with Crippen LogP contribution in [-0.4, -0.2) is 26.1 Å². The standard InChI is InChI=1S/C12H19N3O2/c1-8(2)15-11(9-6-4-3-5-7-9)10(12(16)17)13-14-15/h8-9H,3-7H2,1-2H3,(H,16,17). The Morgan fingerprint density at radius 2 is 2.00 bits per heavy atom. The Bertz CT molecular complexity index is 406. The smallest absolute Gasteiger partial charge is 0.358 e. The Morgan fingerprint density at radius 3 is 2.53 bits per heavy atom. The van der Waals surface area contributed by atoms with Crippen molar-refractivity contribution in [2.24, 2.45) is 0 Å². The molecule has 1 N–H and O–H groups in total. The summed E-state index contributed by atoms with van der Waals surface area (Å²) >= 11 is 0. The van der Waals surface area contributed by atoms with Crippen molar-refractivity contribution in [3.63, 3.8) is 0 Å². The summed E-state index contributed by atoms with van der Waals surface area (Å²) < 4.78 is 1.78. The van der Waals surface area contributed by atoms with Crippen molar-refractivity contribution in [2.45, 2.75) is 57.9 Å². The molecule has 0 bridgehead atoms. The van der Waals surface area contributed by atoms with Crippen LogP contribution in [0.3, 0.4) is 0 Å². The molecule has 1 aromatic rings. The Hall–Kier alpha value is -1.39. The second kappa shape index (κ2) is 4.85. The minimum atomic E-state index is -0.961. The number of rotatable bonds is 3. The predicted octanol–water partition coefficient (Wildman–Crippen LogP) is 2.60. The van der Waals surface area contributed by atoms with Crippen LogP contribution in [0.4, 0.5) is 0 Å².